The van der Waals surface area contributed by atoms with Gasteiger partial charge in [-0.15, -0.1) is 0 Å². The SMILES string of the molecule is O=S(=O)(Nc1cccc(COc2ccc(-c3cc(F)c(F)cc3F)cc2)c1)C(F)(F)F. The maximum Gasteiger partial charge on any atom is 0.516 e. The van der Waals surface area contributed by atoms with E-state index in [9.17, 15) is 34.8 Å². The molecule has 0 amide bonds. The molecule has 0 aliphatic rings. The van der Waals surface area contributed by atoms with E-state index in [1.807, 2.05) is 0 Å². The Morgan fingerprint density at radius 1 is 0.839 bits per heavy atom. The fourth-order valence-corrected chi connectivity index (χ4v) is 3.13. The highest BCUT2D eigenvalue weighted by Crippen LogP contribution is 2.28. The van der Waals surface area contributed by atoms with Gasteiger partial charge in [0.15, 0.2) is 11.6 Å². The van der Waals surface area contributed by atoms with E-state index in [4.69, 9.17) is 4.74 Å². The van der Waals surface area contributed by atoms with Crippen molar-refractivity contribution in [1.29, 1.82) is 0 Å². The lowest BCUT2D eigenvalue weighted by molar-refractivity contribution is -0.0429. The zero-order valence-corrected chi connectivity index (χ0v) is 16.2. The fourth-order valence-electron chi connectivity index (χ4n) is 2.58. The molecule has 0 aliphatic heterocycles. The molecular formula is C20H13F6NO3S. The van der Waals surface area contributed by atoms with E-state index in [-0.39, 0.29) is 23.4 Å². The number of nitrogens with one attached hydrogen (secondary N) is 1. The van der Waals surface area contributed by atoms with Crippen molar-refractivity contribution in [1.82, 2.24) is 0 Å². The second-order valence-corrected chi connectivity index (χ2v) is 7.98. The lowest BCUT2D eigenvalue weighted by Crippen LogP contribution is -2.29. The topological polar surface area (TPSA) is 55.4 Å². The summed E-state index contributed by atoms with van der Waals surface area (Å²) in [6.07, 6.45) is 0. The molecular weight excluding hydrogens is 448 g/mol. The molecule has 0 atom stereocenters. The monoisotopic (exact) mass is 461 g/mol. The van der Waals surface area contributed by atoms with Crippen LogP contribution in [0.1, 0.15) is 5.56 Å². The molecule has 0 spiro atoms. The molecule has 3 aromatic carbocycles. The Morgan fingerprint density at radius 2 is 1.48 bits per heavy atom. The first-order chi connectivity index (χ1) is 14.5. The molecule has 0 saturated heterocycles. The van der Waals surface area contributed by atoms with Crippen LogP contribution in [0.25, 0.3) is 11.1 Å². The molecule has 0 aromatic heterocycles. The highest BCUT2D eigenvalue weighted by atomic mass is 32.2. The van der Waals surface area contributed by atoms with Crippen LogP contribution in [0.3, 0.4) is 0 Å². The first-order valence-electron chi connectivity index (χ1n) is 8.52. The minimum Gasteiger partial charge on any atom is -0.489 e. The minimum atomic E-state index is -5.55. The molecule has 0 saturated carbocycles. The van der Waals surface area contributed by atoms with Gasteiger partial charge in [0, 0.05) is 17.3 Å². The molecule has 31 heavy (non-hydrogen) atoms. The Morgan fingerprint density at radius 3 is 2.13 bits per heavy atom. The van der Waals surface area contributed by atoms with Crippen LogP contribution in [-0.4, -0.2) is 13.9 Å². The number of rotatable bonds is 6. The molecule has 4 nitrogen and oxygen atoms in total. The fraction of sp³-hybridized carbons (Fsp3) is 0.100. The van der Waals surface area contributed by atoms with E-state index in [1.54, 1.807) is 0 Å². The molecule has 0 radical (unpaired) electrons. The number of hydrogen-bond acceptors (Lipinski definition) is 3. The van der Waals surface area contributed by atoms with E-state index >= 15 is 0 Å². The molecule has 1 N–H and O–H groups in total. The highest BCUT2D eigenvalue weighted by molar-refractivity contribution is 7.93. The van der Waals surface area contributed by atoms with Gasteiger partial charge >= 0.3 is 15.5 Å². The molecule has 3 rings (SSSR count). The van der Waals surface area contributed by atoms with Crippen molar-refractivity contribution in [3.8, 4) is 16.9 Å². The Bertz CT molecular complexity index is 1190. The molecule has 164 valence electrons. The summed E-state index contributed by atoms with van der Waals surface area (Å²) < 4.78 is 107. The molecule has 0 fully saturated rings. The van der Waals surface area contributed by atoms with Crippen molar-refractivity contribution in [3.63, 3.8) is 0 Å². The van der Waals surface area contributed by atoms with Gasteiger partial charge in [0.1, 0.15) is 18.2 Å². The predicted molar refractivity (Wildman–Crippen MR) is 101 cm³/mol. The van der Waals surface area contributed by atoms with Gasteiger partial charge in [0.05, 0.1) is 0 Å². The third-order valence-corrected chi connectivity index (χ3v) is 5.18. The van der Waals surface area contributed by atoms with Gasteiger partial charge in [-0.2, -0.15) is 21.6 Å². The number of hydrogen-bond donors (Lipinski definition) is 1. The maximum absolute atomic E-state index is 13.9. The minimum absolute atomic E-state index is 0.111. The van der Waals surface area contributed by atoms with Crippen LogP contribution in [0.2, 0.25) is 0 Å². The summed E-state index contributed by atoms with van der Waals surface area (Å²) in [5.74, 6) is -3.14. The Balaban J connectivity index is 1.69. The Labute approximate surface area is 173 Å². The standard InChI is InChI=1S/C20H13F6NO3S/c21-17-10-19(23)18(22)9-16(17)13-4-6-15(7-5-13)30-11-12-2-1-3-14(8-12)27-31(28,29)20(24,25)26/h1-10,27H,11H2. The maximum atomic E-state index is 13.9. The summed E-state index contributed by atoms with van der Waals surface area (Å²) in [6, 6.07) is 12.1. The van der Waals surface area contributed by atoms with Gasteiger partial charge < -0.3 is 4.74 Å². The van der Waals surface area contributed by atoms with Gasteiger partial charge in [-0.3, -0.25) is 4.72 Å². The van der Waals surface area contributed by atoms with E-state index in [0.717, 1.165) is 12.1 Å². The van der Waals surface area contributed by atoms with Crippen molar-refractivity contribution in [2.24, 2.45) is 0 Å². The zero-order valence-electron chi connectivity index (χ0n) is 15.4. The Hall–Kier alpha value is -3.21. The van der Waals surface area contributed by atoms with Gasteiger partial charge in [-0.1, -0.05) is 24.3 Å². The molecule has 0 heterocycles. The number of benzene rings is 3. The number of sulfonamides is 1. The molecule has 0 bridgehead atoms. The van der Waals surface area contributed by atoms with Gasteiger partial charge in [-0.25, -0.2) is 13.2 Å². The average molecular weight is 461 g/mol. The van der Waals surface area contributed by atoms with Crippen molar-refractivity contribution in [2.75, 3.05) is 4.72 Å². The summed E-state index contributed by atoms with van der Waals surface area (Å²) in [4.78, 5) is 0. The highest BCUT2D eigenvalue weighted by Gasteiger charge is 2.46. The predicted octanol–water partition coefficient (Wildman–Crippen LogP) is 5.61. The van der Waals surface area contributed by atoms with Gasteiger partial charge in [-0.05, 0) is 41.5 Å². The summed E-state index contributed by atoms with van der Waals surface area (Å²) in [5, 5.41) is 0. The van der Waals surface area contributed by atoms with Crippen LogP contribution in [0.4, 0.5) is 32.0 Å². The third kappa shape index (κ3) is 5.29. The van der Waals surface area contributed by atoms with Crippen LogP contribution in [-0.2, 0) is 16.6 Å². The van der Waals surface area contributed by atoms with Crippen molar-refractivity contribution < 1.29 is 39.5 Å². The molecule has 3 aromatic rings. The smallest absolute Gasteiger partial charge is 0.489 e. The van der Waals surface area contributed by atoms with E-state index in [0.29, 0.717) is 17.4 Å². The number of halogens is 6. The lowest BCUT2D eigenvalue weighted by Gasteiger charge is -2.12. The first kappa shape index (κ1) is 22.5. The van der Waals surface area contributed by atoms with Crippen molar-refractivity contribution in [3.05, 3.63) is 83.7 Å². The van der Waals surface area contributed by atoms with E-state index < -0.39 is 33.0 Å². The number of ether oxygens (including phenoxy) is 1. The zero-order chi connectivity index (χ0) is 22.8. The van der Waals surface area contributed by atoms with Crippen LogP contribution >= 0.6 is 0 Å². The largest absolute Gasteiger partial charge is 0.516 e. The van der Waals surface area contributed by atoms with Crippen LogP contribution in [0.15, 0.2) is 60.7 Å². The Kier molecular flexibility index (Phi) is 6.16. The van der Waals surface area contributed by atoms with Crippen LogP contribution in [0, 0.1) is 17.5 Å². The van der Waals surface area contributed by atoms with Crippen molar-refractivity contribution in [2.45, 2.75) is 12.1 Å². The molecule has 0 aliphatic carbocycles. The van der Waals surface area contributed by atoms with E-state index in [2.05, 4.69) is 0 Å². The lowest BCUT2D eigenvalue weighted by atomic mass is 10.0. The summed E-state index contributed by atoms with van der Waals surface area (Å²) in [7, 11) is -5.55. The third-order valence-electron chi connectivity index (χ3n) is 4.06. The van der Waals surface area contributed by atoms with Crippen LogP contribution in [0.5, 0.6) is 5.75 Å². The van der Waals surface area contributed by atoms with Crippen molar-refractivity contribution >= 4 is 15.7 Å². The van der Waals surface area contributed by atoms with Gasteiger partial charge in [0.2, 0.25) is 0 Å². The van der Waals surface area contributed by atoms with Crippen LogP contribution < -0.4 is 9.46 Å². The second kappa shape index (κ2) is 8.50. The summed E-state index contributed by atoms with van der Waals surface area (Å²) >= 11 is 0. The second-order valence-electron chi connectivity index (χ2n) is 6.31. The van der Waals surface area contributed by atoms with E-state index in [1.165, 1.54) is 47.2 Å². The summed E-state index contributed by atoms with van der Waals surface area (Å²) in [5.41, 5.74) is -5.24. The number of alkyl halides is 3. The van der Waals surface area contributed by atoms with Gasteiger partial charge in [0.25, 0.3) is 0 Å². The normalized spacial score (nSPS) is 11.9. The first-order valence-corrected chi connectivity index (χ1v) is 10.0. The average Bonchev–Trinajstić information content (AvgIpc) is 2.69. The summed E-state index contributed by atoms with van der Waals surface area (Å²) in [6.45, 7) is -0.111. The quantitative estimate of drug-likeness (QED) is 0.384. The molecule has 0 unspecified atom stereocenters. The molecule has 11 heteroatoms. The number of anilines is 1.